The van der Waals surface area contributed by atoms with Crippen LogP contribution in [0.1, 0.15) is 51.0 Å². The van der Waals surface area contributed by atoms with Gasteiger partial charge in [-0.05, 0) is 49.4 Å². The third kappa shape index (κ3) is 5.16. The molecule has 1 aromatic carbocycles. The highest BCUT2D eigenvalue weighted by molar-refractivity contribution is 6.32. The van der Waals surface area contributed by atoms with E-state index in [1.54, 1.807) is 0 Å². The summed E-state index contributed by atoms with van der Waals surface area (Å²) in [5, 5.41) is 4.26. The van der Waals surface area contributed by atoms with Crippen molar-refractivity contribution in [3.8, 4) is 5.75 Å². The number of ether oxygens (including phenoxy) is 1. The lowest BCUT2D eigenvalue weighted by Crippen LogP contribution is -2.35. The van der Waals surface area contributed by atoms with Crippen molar-refractivity contribution in [1.29, 1.82) is 0 Å². The number of nitrogens with one attached hydrogen (secondary N) is 1. The van der Waals surface area contributed by atoms with Crippen molar-refractivity contribution in [2.45, 2.75) is 51.5 Å². The number of benzene rings is 1. The largest absolute Gasteiger partial charge is 0.492 e. The molecule has 4 heteroatoms. The van der Waals surface area contributed by atoms with Crippen molar-refractivity contribution in [2.24, 2.45) is 0 Å². The number of rotatable bonds is 5. The van der Waals surface area contributed by atoms with Gasteiger partial charge in [0, 0.05) is 6.04 Å². The molecule has 0 bridgehead atoms. The summed E-state index contributed by atoms with van der Waals surface area (Å²) in [4.78, 5) is 0. The predicted molar refractivity (Wildman–Crippen MR) is 88.5 cm³/mol. The Labute approximate surface area is 133 Å². The molecule has 1 saturated heterocycles. The van der Waals surface area contributed by atoms with Gasteiger partial charge < -0.3 is 10.1 Å². The summed E-state index contributed by atoms with van der Waals surface area (Å²) in [6.45, 7) is 6.22. The van der Waals surface area contributed by atoms with E-state index >= 15 is 0 Å². The van der Waals surface area contributed by atoms with E-state index < -0.39 is 0 Å². The maximum Gasteiger partial charge on any atom is 0.137 e. The van der Waals surface area contributed by atoms with Gasteiger partial charge >= 0.3 is 0 Å². The van der Waals surface area contributed by atoms with Crippen LogP contribution in [0, 0.1) is 0 Å². The summed E-state index contributed by atoms with van der Waals surface area (Å²) in [6, 6.07) is 6.72. The molecule has 0 spiro atoms. The van der Waals surface area contributed by atoms with Crippen molar-refractivity contribution in [2.75, 3.05) is 13.2 Å². The molecule has 0 radical (unpaired) electrons. The summed E-state index contributed by atoms with van der Waals surface area (Å²) in [5.41, 5.74) is 1.26. The number of halogens is 2. The normalized spacial score (nSPS) is 18.7. The van der Waals surface area contributed by atoms with E-state index in [2.05, 4.69) is 25.2 Å². The number of hydrogen-bond acceptors (Lipinski definition) is 2. The minimum Gasteiger partial charge on any atom is -0.492 e. The highest BCUT2D eigenvalue weighted by Crippen LogP contribution is 2.28. The van der Waals surface area contributed by atoms with Gasteiger partial charge in [-0.2, -0.15) is 0 Å². The molecular formula is C16H25Cl2NO. The second-order valence-electron chi connectivity index (χ2n) is 5.63. The van der Waals surface area contributed by atoms with Gasteiger partial charge in [0.2, 0.25) is 0 Å². The van der Waals surface area contributed by atoms with Crippen LogP contribution < -0.4 is 10.1 Å². The summed E-state index contributed by atoms with van der Waals surface area (Å²) in [7, 11) is 0. The van der Waals surface area contributed by atoms with Crippen LogP contribution >= 0.6 is 24.0 Å². The molecule has 1 aromatic rings. The van der Waals surface area contributed by atoms with Gasteiger partial charge in [-0.3, -0.25) is 0 Å². The van der Waals surface area contributed by atoms with Crippen LogP contribution in [0.25, 0.3) is 0 Å². The Kier molecular flexibility index (Phi) is 7.71. The summed E-state index contributed by atoms with van der Waals surface area (Å²) in [5.74, 6) is 1.31. The van der Waals surface area contributed by atoms with Crippen molar-refractivity contribution in [3.63, 3.8) is 0 Å². The van der Waals surface area contributed by atoms with Crippen molar-refractivity contribution < 1.29 is 4.74 Å². The predicted octanol–water partition coefficient (Wildman–Crippen LogP) is 4.80. The first-order chi connectivity index (χ1) is 9.16. The Bertz CT molecular complexity index is 403. The molecular weight excluding hydrogens is 293 g/mol. The minimum atomic E-state index is 0. The average Bonchev–Trinajstić information content (AvgIpc) is 2.41. The van der Waals surface area contributed by atoms with Crippen LogP contribution in [-0.2, 0) is 0 Å². The van der Waals surface area contributed by atoms with Crippen LogP contribution in [0.2, 0.25) is 5.02 Å². The Hall–Kier alpha value is -0.440. The van der Waals surface area contributed by atoms with Crippen LogP contribution in [0.15, 0.2) is 18.2 Å². The minimum absolute atomic E-state index is 0. The molecule has 0 amide bonds. The lowest BCUT2D eigenvalue weighted by atomic mass is 10.0. The SMILES string of the molecule is CC(C)c1ccc(OCCC2CCCCN2)c(Cl)c1.Cl. The average molecular weight is 318 g/mol. The summed E-state index contributed by atoms with van der Waals surface area (Å²) >= 11 is 6.25. The zero-order valence-electron chi connectivity index (χ0n) is 12.3. The zero-order valence-corrected chi connectivity index (χ0v) is 13.9. The molecule has 0 aliphatic carbocycles. The molecule has 0 saturated carbocycles. The third-order valence-electron chi connectivity index (χ3n) is 3.76. The van der Waals surface area contributed by atoms with Crippen LogP contribution in [0.5, 0.6) is 5.75 Å². The Morgan fingerprint density at radius 1 is 1.35 bits per heavy atom. The monoisotopic (exact) mass is 317 g/mol. The second kappa shape index (κ2) is 8.76. The van der Waals surface area contributed by atoms with E-state index in [0.717, 1.165) is 30.3 Å². The van der Waals surface area contributed by atoms with Crippen LogP contribution in [0.3, 0.4) is 0 Å². The van der Waals surface area contributed by atoms with Gasteiger partial charge in [-0.1, -0.05) is 37.9 Å². The van der Waals surface area contributed by atoms with Gasteiger partial charge in [0.1, 0.15) is 5.75 Å². The maximum absolute atomic E-state index is 6.25. The van der Waals surface area contributed by atoms with E-state index in [0.29, 0.717) is 12.0 Å². The smallest absolute Gasteiger partial charge is 0.137 e. The van der Waals surface area contributed by atoms with Gasteiger partial charge in [0.15, 0.2) is 0 Å². The Morgan fingerprint density at radius 2 is 2.15 bits per heavy atom. The van der Waals surface area contributed by atoms with E-state index in [4.69, 9.17) is 16.3 Å². The van der Waals surface area contributed by atoms with Crippen molar-refractivity contribution in [1.82, 2.24) is 5.32 Å². The molecule has 1 atom stereocenters. The quantitative estimate of drug-likeness (QED) is 0.842. The van der Waals surface area contributed by atoms with Gasteiger partial charge in [0.05, 0.1) is 11.6 Å². The first kappa shape index (κ1) is 17.6. The fourth-order valence-electron chi connectivity index (χ4n) is 2.47. The molecule has 114 valence electrons. The van der Waals surface area contributed by atoms with E-state index in [9.17, 15) is 0 Å². The highest BCUT2D eigenvalue weighted by atomic mass is 35.5. The fourth-order valence-corrected chi connectivity index (χ4v) is 2.72. The van der Waals surface area contributed by atoms with Gasteiger partial charge in [0.25, 0.3) is 0 Å². The summed E-state index contributed by atoms with van der Waals surface area (Å²) < 4.78 is 5.80. The van der Waals surface area contributed by atoms with Crippen molar-refractivity contribution in [3.05, 3.63) is 28.8 Å². The van der Waals surface area contributed by atoms with E-state index in [1.807, 2.05) is 12.1 Å². The molecule has 0 aromatic heterocycles. The molecule has 2 nitrogen and oxygen atoms in total. The molecule has 1 fully saturated rings. The molecule has 1 aliphatic rings. The van der Waals surface area contributed by atoms with E-state index in [-0.39, 0.29) is 12.4 Å². The second-order valence-corrected chi connectivity index (χ2v) is 6.04. The van der Waals surface area contributed by atoms with E-state index in [1.165, 1.54) is 24.8 Å². The fraction of sp³-hybridized carbons (Fsp3) is 0.625. The standard InChI is InChI=1S/C16H24ClNO.ClH/c1-12(2)13-6-7-16(15(17)11-13)19-10-8-14-5-3-4-9-18-14;/h6-7,11-12,14,18H,3-5,8-10H2,1-2H3;1H. The molecule has 1 aliphatic heterocycles. The molecule has 1 N–H and O–H groups in total. The molecule has 2 rings (SSSR count). The Balaban J connectivity index is 0.00000200. The molecule has 20 heavy (non-hydrogen) atoms. The van der Waals surface area contributed by atoms with Gasteiger partial charge in [-0.25, -0.2) is 0 Å². The van der Waals surface area contributed by atoms with Gasteiger partial charge in [-0.15, -0.1) is 12.4 Å². The number of hydrogen-bond donors (Lipinski definition) is 1. The Morgan fingerprint density at radius 3 is 2.75 bits per heavy atom. The third-order valence-corrected chi connectivity index (χ3v) is 4.05. The maximum atomic E-state index is 6.25. The first-order valence-electron chi connectivity index (χ1n) is 7.32. The topological polar surface area (TPSA) is 21.3 Å². The lowest BCUT2D eigenvalue weighted by molar-refractivity contribution is 0.268. The van der Waals surface area contributed by atoms with Crippen LogP contribution in [-0.4, -0.2) is 19.2 Å². The summed E-state index contributed by atoms with van der Waals surface area (Å²) in [6.07, 6.45) is 4.97. The first-order valence-corrected chi connectivity index (χ1v) is 7.70. The highest BCUT2D eigenvalue weighted by Gasteiger charge is 2.12. The zero-order chi connectivity index (χ0) is 13.7. The molecule has 1 heterocycles. The van der Waals surface area contributed by atoms with Crippen LogP contribution in [0.4, 0.5) is 0 Å². The van der Waals surface area contributed by atoms with Crippen molar-refractivity contribution >= 4 is 24.0 Å². The molecule has 1 unspecified atom stereocenters. The number of piperidine rings is 1. The lowest BCUT2D eigenvalue weighted by Gasteiger charge is -2.23.